The molecule has 1 aliphatic heterocycles. The number of hydrogen-bond donors (Lipinski definition) is 3. The molecule has 0 radical (unpaired) electrons. The lowest BCUT2D eigenvalue weighted by Gasteiger charge is -2.34. The second kappa shape index (κ2) is 13.7. The zero-order valence-corrected chi connectivity index (χ0v) is 26.3. The van der Waals surface area contributed by atoms with Gasteiger partial charge < -0.3 is 35.7 Å². The lowest BCUT2D eigenvalue weighted by Crippen LogP contribution is -2.45. The molecular weight excluding hydrogens is 560 g/mol. The van der Waals surface area contributed by atoms with Gasteiger partial charge in [-0.2, -0.15) is 0 Å². The van der Waals surface area contributed by atoms with Crippen LogP contribution in [0.3, 0.4) is 0 Å². The maximum atomic E-state index is 13.8. The topological polar surface area (TPSA) is 150 Å². The van der Waals surface area contributed by atoms with E-state index >= 15 is 0 Å². The van der Waals surface area contributed by atoms with Crippen LogP contribution in [-0.2, 0) is 9.53 Å². The number of amides is 2. The minimum atomic E-state index is -0.781. The molecule has 44 heavy (non-hydrogen) atoms. The van der Waals surface area contributed by atoms with Crippen molar-refractivity contribution in [3.05, 3.63) is 54.1 Å². The van der Waals surface area contributed by atoms with Crippen molar-refractivity contribution in [1.29, 1.82) is 5.41 Å². The molecule has 4 rings (SSSR count). The molecule has 0 spiro atoms. The van der Waals surface area contributed by atoms with Crippen LogP contribution in [0.1, 0.15) is 40.2 Å². The Morgan fingerprint density at radius 3 is 2.48 bits per heavy atom. The number of nitrogen functional groups attached to an aromatic ring is 1. The van der Waals surface area contributed by atoms with Crippen LogP contribution in [0, 0.1) is 5.41 Å². The van der Waals surface area contributed by atoms with Gasteiger partial charge in [-0.1, -0.05) is 12.1 Å². The molecule has 0 bridgehead atoms. The van der Waals surface area contributed by atoms with Crippen molar-refractivity contribution in [2.24, 2.45) is 0 Å². The van der Waals surface area contributed by atoms with E-state index in [4.69, 9.17) is 30.6 Å². The number of aromatic nitrogens is 2. The molecule has 0 atom stereocenters. The Balaban J connectivity index is 1.82. The van der Waals surface area contributed by atoms with Gasteiger partial charge in [-0.15, -0.1) is 0 Å². The van der Waals surface area contributed by atoms with E-state index in [-0.39, 0.29) is 18.6 Å². The highest BCUT2D eigenvalue weighted by Crippen LogP contribution is 2.33. The summed E-state index contributed by atoms with van der Waals surface area (Å²) in [6.45, 7) is 12.2. The number of rotatable bonds is 9. The lowest BCUT2D eigenvalue weighted by molar-refractivity contribution is -0.123. The number of carbonyl (C=O) groups excluding carboxylic acids is 2. The number of benzene rings is 2. The average Bonchev–Trinajstić information content (AvgIpc) is 2.96. The predicted molar refractivity (Wildman–Crippen MR) is 173 cm³/mol. The standard InChI is InChI=1S/C32H42N8O4/c1-21(2)35-29(41)20-43-25-9-7-8-22(17-25)30-36-27(39-14-12-38(6)13-15-39)18-28(37-30)40(31(42)44-32(3,4)5)24-10-11-26(34)23(16-24)19-33/h7-11,16-19,21,33H,12-15,20,34H2,1-6H3,(H,35,41). The molecule has 2 aromatic carbocycles. The van der Waals surface area contributed by atoms with Crippen molar-refractivity contribution in [3.63, 3.8) is 0 Å². The summed E-state index contributed by atoms with van der Waals surface area (Å²) in [7, 11) is 2.08. The third-order valence-electron chi connectivity index (χ3n) is 6.73. The highest BCUT2D eigenvalue weighted by atomic mass is 16.6. The van der Waals surface area contributed by atoms with Crippen LogP contribution in [0.4, 0.5) is 27.8 Å². The second-order valence-corrected chi connectivity index (χ2v) is 12.0. The van der Waals surface area contributed by atoms with Crippen molar-refractivity contribution >= 4 is 41.2 Å². The summed E-state index contributed by atoms with van der Waals surface area (Å²) in [6, 6.07) is 14.0. The van der Waals surface area contributed by atoms with Crippen molar-refractivity contribution in [3.8, 4) is 17.1 Å². The molecule has 3 aromatic rings. The summed E-state index contributed by atoms with van der Waals surface area (Å²) >= 11 is 0. The normalized spacial score (nSPS) is 13.8. The number of carbonyl (C=O) groups is 2. The zero-order chi connectivity index (χ0) is 32.0. The molecule has 2 amide bonds. The summed E-state index contributed by atoms with van der Waals surface area (Å²) < 4.78 is 11.6. The van der Waals surface area contributed by atoms with E-state index in [0.29, 0.717) is 45.7 Å². The number of anilines is 4. The molecule has 234 valence electrons. The zero-order valence-electron chi connectivity index (χ0n) is 26.3. The van der Waals surface area contributed by atoms with Gasteiger partial charge in [0.15, 0.2) is 12.4 Å². The number of piperazine rings is 1. The van der Waals surface area contributed by atoms with Crippen LogP contribution in [0.5, 0.6) is 5.75 Å². The minimum absolute atomic E-state index is 0.00521. The van der Waals surface area contributed by atoms with Gasteiger partial charge in [0.1, 0.15) is 23.0 Å². The number of hydrogen-bond acceptors (Lipinski definition) is 10. The first kappa shape index (κ1) is 32.2. The first-order valence-electron chi connectivity index (χ1n) is 14.6. The van der Waals surface area contributed by atoms with E-state index < -0.39 is 11.7 Å². The van der Waals surface area contributed by atoms with E-state index in [9.17, 15) is 9.59 Å². The van der Waals surface area contributed by atoms with Crippen LogP contribution >= 0.6 is 0 Å². The van der Waals surface area contributed by atoms with Gasteiger partial charge in [-0.3, -0.25) is 4.79 Å². The molecule has 1 saturated heterocycles. The average molecular weight is 603 g/mol. The Morgan fingerprint density at radius 2 is 1.82 bits per heavy atom. The number of likely N-dealkylation sites (N-methyl/N-ethyl adjacent to an activating group) is 1. The van der Waals surface area contributed by atoms with Crippen molar-refractivity contribution < 1.29 is 19.1 Å². The maximum absolute atomic E-state index is 13.8. The lowest BCUT2D eigenvalue weighted by atomic mass is 10.1. The van der Waals surface area contributed by atoms with Crippen LogP contribution in [-0.4, -0.2) is 84.6 Å². The van der Waals surface area contributed by atoms with Crippen LogP contribution in [0.2, 0.25) is 0 Å². The van der Waals surface area contributed by atoms with Crippen molar-refractivity contribution in [1.82, 2.24) is 20.2 Å². The van der Waals surface area contributed by atoms with E-state index in [0.717, 1.165) is 32.4 Å². The Kier molecular flexibility index (Phi) is 10.0. The fraction of sp³-hybridized carbons (Fsp3) is 0.406. The smallest absolute Gasteiger partial charge is 0.420 e. The summed E-state index contributed by atoms with van der Waals surface area (Å²) in [5.74, 6) is 1.57. The summed E-state index contributed by atoms with van der Waals surface area (Å²) in [6.07, 6.45) is 0.500. The Labute approximate surface area is 258 Å². The highest BCUT2D eigenvalue weighted by molar-refractivity contribution is 5.98. The number of nitrogens with zero attached hydrogens (tertiary/aromatic N) is 5. The van der Waals surface area contributed by atoms with E-state index in [2.05, 4.69) is 22.2 Å². The molecule has 12 nitrogen and oxygen atoms in total. The molecule has 2 heterocycles. The maximum Gasteiger partial charge on any atom is 0.420 e. The minimum Gasteiger partial charge on any atom is -0.484 e. The predicted octanol–water partition coefficient (Wildman–Crippen LogP) is 4.45. The Morgan fingerprint density at radius 1 is 1.09 bits per heavy atom. The first-order chi connectivity index (χ1) is 20.8. The fourth-order valence-corrected chi connectivity index (χ4v) is 4.57. The van der Waals surface area contributed by atoms with E-state index in [1.807, 2.05) is 19.9 Å². The van der Waals surface area contributed by atoms with Crippen molar-refractivity contribution in [2.45, 2.75) is 46.3 Å². The van der Waals surface area contributed by atoms with Gasteiger partial charge >= 0.3 is 6.09 Å². The molecule has 4 N–H and O–H groups in total. The molecule has 1 aromatic heterocycles. The molecule has 12 heteroatoms. The molecule has 0 saturated carbocycles. The molecule has 1 aliphatic rings. The second-order valence-electron chi connectivity index (χ2n) is 12.0. The van der Waals surface area contributed by atoms with Gasteiger partial charge in [-0.25, -0.2) is 19.7 Å². The van der Waals surface area contributed by atoms with Gasteiger partial charge in [0.25, 0.3) is 5.91 Å². The summed E-state index contributed by atoms with van der Waals surface area (Å²) in [5.41, 5.74) is 7.24. The SMILES string of the molecule is CC(C)NC(=O)COc1cccc(-c2nc(N3CCN(C)CC3)cc(N(C(=O)OC(C)(C)C)c3ccc(N)c(C=N)c3)n2)c1. The quantitative estimate of drug-likeness (QED) is 0.238. The third kappa shape index (κ3) is 8.44. The Hall–Kier alpha value is -4.71. The van der Waals surface area contributed by atoms with Crippen LogP contribution < -0.4 is 25.6 Å². The summed E-state index contributed by atoms with van der Waals surface area (Å²) in [5, 5.41) is 10.6. The Bertz CT molecular complexity index is 1500. The van der Waals surface area contributed by atoms with Crippen LogP contribution in [0.15, 0.2) is 48.5 Å². The first-order valence-corrected chi connectivity index (χ1v) is 14.6. The molecule has 0 aliphatic carbocycles. The van der Waals surface area contributed by atoms with Gasteiger partial charge in [0.2, 0.25) is 0 Å². The third-order valence-corrected chi connectivity index (χ3v) is 6.73. The molecular formula is C32H42N8O4. The molecule has 1 fully saturated rings. The summed E-state index contributed by atoms with van der Waals surface area (Å²) in [4.78, 5) is 41.5. The van der Waals surface area contributed by atoms with Gasteiger partial charge in [0.05, 0.1) is 5.69 Å². The van der Waals surface area contributed by atoms with Gasteiger partial charge in [0, 0.05) is 61.3 Å². The fourth-order valence-electron chi connectivity index (χ4n) is 4.57. The number of nitrogens with one attached hydrogen (secondary N) is 2. The van der Waals surface area contributed by atoms with E-state index in [1.54, 1.807) is 63.2 Å². The van der Waals surface area contributed by atoms with Crippen molar-refractivity contribution in [2.75, 3.05) is 55.4 Å². The van der Waals surface area contributed by atoms with Gasteiger partial charge in [-0.05, 0) is 72.0 Å². The largest absolute Gasteiger partial charge is 0.484 e. The van der Waals surface area contributed by atoms with E-state index in [1.165, 1.54) is 4.90 Å². The van der Waals surface area contributed by atoms with Crippen LogP contribution in [0.25, 0.3) is 11.4 Å². The number of ether oxygens (including phenoxy) is 2. The highest BCUT2D eigenvalue weighted by Gasteiger charge is 2.29. The number of nitrogens with two attached hydrogens (primary N) is 1. The molecule has 0 unspecified atom stereocenters. The monoisotopic (exact) mass is 602 g/mol.